The first-order valence-electron chi connectivity index (χ1n) is 8.23. The minimum atomic E-state index is -3.42. The minimum absolute atomic E-state index is 0.156. The van der Waals surface area contributed by atoms with Gasteiger partial charge in [-0.2, -0.15) is 9.78 Å². The SMILES string of the molecule is O=C(NC(F)[C@H](O)C(F)F)c1cc(-c2ccc(Cl)cc2)nn(-c2csc(Cl)c2)c1=O. The summed E-state index contributed by atoms with van der Waals surface area (Å²) in [7, 11) is 0. The van der Waals surface area contributed by atoms with Crippen LogP contribution in [0.2, 0.25) is 9.36 Å². The lowest BCUT2D eigenvalue weighted by atomic mass is 10.1. The second-order valence-corrected chi connectivity index (χ2v) is 7.96. The van der Waals surface area contributed by atoms with Gasteiger partial charge in [-0.15, -0.1) is 11.3 Å². The summed E-state index contributed by atoms with van der Waals surface area (Å²) < 4.78 is 40.0. The molecule has 0 fully saturated rings. The molecule has 0 aliphatic heterocycles. The van der Waals surface area contributed by atoms with Crippen molar-refractivity contribution in [3.05, 3.63) is 67.1 Å². The molecule has 1 amide bonds. The maximum absolute atomic E-state index is 13.8. The van der Waals surface area contributed by atoms with Crippen LogP contribution in [0.4, 0.5) is 13.2 Å². The van der Waals surface area contributed by atoms with Gasteiger partial charge < -0.3 is 10.4 Å². The van der Waals surface area contributed by atoms with E-state index < -0.39 is 35.9 Å². The summed E-state index contributed by atoms with van der Waals surface area (Å²) in [6.07, 6.45) is -8.95. The molecule has 0 saturated carbocycles. The van der Waals surface area contributed by atoms with Crippen LogP contribution >= 0.6 is 34.5 Å². The lowest BCUT2D eigenvalue weighted by Crippen LogP contribution is -2.45. The van der Waals surface area contributed by atoms with Crippen LogP contribution in [0.25, 0.3) is 16.9 Å². The highest BCUT2D eigenvalue weighted by Crippen LogP contribution is 2.24. The fraction of sp³-hybridized carbons (Fsp3) is 0.167. The summed E-state index contributed by atoms with van der Waals surface area (Å²) in [6, 6.07) is 8.82. The summed E-state index contributed by atoms with van der Waals surface area (Å²) in [5.41, 5.74) is -0.611. The second-order valence-electron chi connectivity index (χ2n) is 5.98. The fourth-order valence-electron chi connectivity index (χ4n) is 2.42. The lowest BCUT2D eigenvalue weighted by molar-refractivity contribution is -0.0551. The van der Waals surface area contributed by atoms with Crippen LogP contribution in [0.15, 0.2) is 46.6 Å². The summed E-state index contributed by atoms with van der Waals surface area (Å²) in [6.45, 7) is 0. The van der Waals surface area contributed by atoms with Gasteiger partial charge in [-0.05, 0) is 24.3 Å². The Morgan fingerprint density at radius 2 is 1.83 bits per heavy atom. The van der Waals surface area contributed by atoms with Crippen LogP contribution in [0.3, 0.4) is 0 Å². The van der Waals surface area contributed by atoms with Gasteiger partial charge in [-0.25, -0.2) is 13.2 Å². The summed E-state index contributed by atoms with van der Waals surface area (Å²) >= 11 is 12.9. The molecule has 1 aromatic carbocycles. The molecule has 30 heavy (non-hydrogen) atoms. The molecule has 2 aromatic heterocycles. The molecule has 0 saturated heterocycles. The van der Waals surface area contributed by atoms with Gasteiger partial charge in [-0.3, -0.25) is 9.59 Å². The molecule has 2 heterocycles. The number of benzene rings is 1. The van der Waals surface area contributed by atoms with Crippen molar-refractivity contribution < 1.29 is 23.1 Å². The van der Waals surface area contributed by atoms with Gasteiger partial charge in [0.05, 0.1) is 15.7 Å². The molecule has 3 aromatic rings. The van der Waals surface area contributed by atoms with Gasteiger partial charge in [0, 0.05) is 16.0 Å². The lowest BCUT2D eigenvalue weighted by Gasteiger charge is -2.16. The largest absolute Gasteiger partial charge is 0.382 e. The summed E-state index contributed by atoms with van der Waals surface area (Å²) in [4.78, 5) is 25.2. The van der Waals surface area contributed by atoms with Gasteiger partial charge in [0.15, 0.2) is 6.10 Å². The third-order valence-electron chi connectivity index (χ3n) is 3.92. The Bertz CT molecular complexity index is 1120. The molecule has 0 spiro atoms. The zero-order chi connectivity index (χ0) is 22.0. The zero-order valence-electron chi connectivity index (χ0n) is 14.7. The highest BCUT2D eigenvalue weighted by atomic mass is 35.5. The maximum atomic E-state index is 13.8. The molecule has 0 radical (unpaired) electrons. The van der Waals surface area contributed by atoms with Crippen LogP contribution in [0.5, 0.6) is 0 Å². The first-order valence-corrected chi connectivity index (χ1v) is 9.87. The van der Waals surface area contributed by atoms with Gasteiger partial charge in [-0.1, -0.05) is 35.3 Å². The van der Waals surface area contributed by atoms with Crippen molar-refractivity contribution in [3.8, 4) is 16.9 Å². The first kappa shape index (κ1) is 22.3. The molecule has 2 N–H and O–H groups in total. The number of rotatable bonds is 6. The molecule has 0 aliphatic rings. The van der Waals surface area contributed by atoms with Crippen LogP contribution in [0, 0.1) is 0 Å². The van der Waals surface area contributed by atoms with E-state index in [0.29, 0.717) is 14.9 Å². The standard InChI is InChI=1S/C18H12Cl2F3N3O3S/c19-9-3-1-8(2-4-9)12-6-11(17(28)24-16(23)14(27)15(21)22)18(29)26(25-12)10-5-13(20)30-7-10/h1-7,14-16,27H,(H,24,28)/t14-,16?/m1/s1. The zero-order valence-corrected chi connectivity index (χ0v) is 17.1. The highest BCUT2D eigenvalue weighted by Gasteiger charge is 2.30. The molecule has 0 aliphatic carbocycles. The predicted octanol–water partition coefficient (Wildman–Crippen LogP) is 3.92. The van der Waals surface area contributed by atoms with Crippen molar-refractivity contribution in [1.82, 2.24) is 15.1 Å². The van der Waals surface area contributed by atoms with Gasteiger partial charge in [0.1, 0.15) is 5.56 Å². The van der Waals surface area contributed by atoms with Gasteiger partial charge >= 0.3 is 0 Å². The Morgan fingerprint density at radius 3 is 2.40 bits per heavy atom. The predicted molar refractivity (Wildman–Crippen MR) is 108 cm³/mol. The Balaban J connectivity index is 2.09. The molecule has 12 heteroatoms. The van der Waals surface area contributed by atoms with E-state index in [1.807, 2.05) is 0 Å². The van der Waals surface area contributed by atoms with E-state index in [4.69, 9.17) is 28.3 Å². The van der Waals surface area contributed by atoms with Gasteiger partial charge in [0.25, 0.3) is 17.9 Å². The molecular formula is C18H12Cl2F3N3O3S. The number of halogens is 5. The van der Waals surface area contributed by atoms with E-state index in [0.717, 1.165) is 22.1 Å². The van der Waals surface area contributed by atoms with Crippen molar-refractivity contribution in [1.29, 1.82) is 0 Å². The van der Waals surface area contributed by atoms with Crippen molar-refractivity contribution in [3.63, 3.8) is 0 Å². The van der Waals surface area contributed by atoms with Gasteiger partial charge in [0.2, 0.25) is 6.30 Å². The third kappa shape index (κ3) is 4.84. The topological polar surface area (TPSA) is 84.2 Å². The van der Waals surface area contributed by atoms with Crippen molar-refractivity contribution >= 4 is 40.4 Å². The van der Waals surface area contributed by atoms with E-state index >= 15 is 0 Å². The number of aromatic nitrogens is 2. The van der Waals surface area contributed by atoms with E-state index in [-0.39, 0.29) is 11.4 Å². The molecule has 158 valence electrons. The normalized spacial score (nSPS) is 13.3. The Morgan fingerprint density at radius 1 is 1.17 bits per heavy atom. The number of thiophene rings is 1. The number of amides is 1. The minimum Gasteiger partial charge on any atom is -0.382 e. The highest BCUT2D eigenvalue weighted by molar-refractivity contribution is 7.14. The van der Waals surface area contributed by atoms with E-state index in [1.165, 1.54) is 11.4 Å². The van der Waals surface area contributed by atoms with Crippen molar-refractivity contribution in [2.24, 2.45) is 0 Å². The monoisotopic (exact) mass is 477 g/mol. The Hall–Kier alpha value is -2.40. The van der Waals surface area contributed by atoms with Crippen molar-refractivity contribution in [2.75, 3.05) is 0 Å². The van der Waals surface area contributed by atoms with Crippen LogP contribution < -0.4 is 10.9 Å². The molecular weight excluding hydrogens is 466 g/mol. The number of aliphatic hydroxyl groups is 1. The number of alkyl halides is 3. The van der Waals surface area contributed by atoms with Crippen molar-refractivity contribution in [2.45, 2.75) is 18.8 Å². The summed E-state index contributed by atoms with van der Waals surface area (Å²) in [5.74, 6) is -1.29. The smallest absolute Gasteiger partial charge is 0.284 e. The van der Waals surface area contributed by atoms with Crippen LogP contribution in [-0.4, -0.2) is 39.6 Å². The number of nitrogens with zero attached hydrogens (tertiary/aromatic N) is 2. The van der Waals surface area contributed by atoms with E-state index in [9.17, 15) is 22.8 Å². The molecule has 0 bridgehead atoms. The number of hydrogen-bond donors (Lipinski definition) is 2. The molecule has 6 nitrogen and oxygen atoms in total. The average Bonchev–Trinajstić information content (AvgIpc) is 3.14. The first-order chi connectivity index (χ1) is 14.2. The number of nitrogens with one attached hydrogen (secondary N) is 1. The maximum Gasteiger partial charge on any atom is 0.284 e. The molecule has 1 unspecified atom stereocenters. The Labute approximate surface area is 181 Å². The Kier molecular flexibility index (Phi) is 6.81. The van der Waals surface area contributed by atoms with E-state index in [2.05, 4.69) is 5.10 Å². The number of carbonyl (C=O) groups is 1. The number of hydrogen-bond acceptors (Lipinski definition) is 5. The van der Waals surface area contributed by atoms with Crippen LogP contribution in [-0.2, 0) is 0 Å². The third-order valence-corrected chi connectivity index (χ3v) is 5.25. The second kappa shape index (κ2) is 9.17. The quantitative estimate of drug-likeness (QED) is 0.527. The fourth-order valence-corrected chi connectivity index (χ4v) is 3.38. The van der Waals surface area contributed by atoms with E-state index in [1.54, 1.807) is 29.6 Å². The van der Waals surface area contributed by atoms with Crippen LogP contribution in [0.1, 0.15) is 10.4 Å². The molecule has 2 atom stereocenters. The molecule has 3 rings (SSSR count). The number of carbonyl (C=O) groups excluding carboxylic acids is 1. The number of aliphatic hydroxyl groups excluding tert-OH is 1. The average molecular weight is 478 g/mol. The summed E-state index contributed by atoms with van der Waals surface area (Å²) in [5, 5.41) is 16.8.